The molecule has 0 atom stereocenters. The molecule has 0 aromatic heterocycles. The Labute approximate surface area is 124 Å². The van der Waals surface area contributed by atoms with Crippen molar-refractivity contribution in [3.05, 3.63) is 23.8 Å². The van der Waals surface area contributed by atoms with E-state index in [0.717, 1.165) is 13.1 Å². The van der Waals surface area contributed by atoms with E-state index in [1.54, 1.807) is 4.90 Å². The Hall–Kier alpha value is -1.79. The molecule has 21 heavy (non-hydrogen) atoms. The van der Waals surface area contributed by atoms with E-state index >= 15 is 0 Å². The number of piperazine rings is 1. The van der Waals surface area contributed by atoms with Crippen molar-refractivity contribution in [1.29, 1.82) is 0 Å². The Balaban J connectivity index is 2.03. The number of phenols is 2. The molecule has 116 valence electrons. The van der Waals surface area contributed by atoms with Gasteiger partial charge in [0.05, 0.1) is 5.56 Å². The van der Waals surface area contributed by atoms with Crippen molar-refractivity contribution >= 4 is 5.91 Å². The third-order valence-electron chi connectivity index (χ3n) is 4.13. The van der Waals surface area contributed by atoms with Crippen molar-refractivity contribution in [2.75, 3.05) is 32.7 Å². The molecule has 1 aliphatic rings. The molecule has 1 aromatic carbocycles. The van der Waals surface area contributed by atoms with Crippen molar-refractivity contribution in [3.8, 4) is 11.5 Å². The zero-order valence-corrected chi connectivity index (χ0v) is 12.5. The van der Waals surface area contributed by atoms with Crippen molar-refractivity contribution < 1.29 is 15.0 Å². The number of carbonyl (C=O) groups excluding carboxylic acids is 1. The average Bonchev–Trinajstić information content (AvgIpc) is 2.47. The van der Waals surface area contributed by atoms with Gasteiger partial charge in [0.1, 0.15) is 11.5 Å². The predicted octanol–water partition coefficient (Wildman–Crippen LogP) is 0.593. The number of phenolic OH excluding ortho intramolecular Hbond substituents is 2. The van der Waals surface area contributed by atoms with Gasteiger partial charge in [-0.15, -0.1) is 0 Å². The summed E-state index contributed by atoms with van der Waals surface area (Å²) in [7, 11) is 0. The molecule has 1 saturated heterocycles. The molecule has 0 spiro atoms. The summed E-state index contributed by atoms with van der Waals surface area (Å²) in [6.45, 7) is 7.47. The molecular formula is C15H23N3O3. The van der Waals surface area contributed by atoms with Gasteiger partial charge in [-0.1, -0.05) is 0 Å². The highest BCUT2D eigenvalue weighted by Gasteiger charge is 2.30. The van der Waals surface area contributed by atoms with Gasteiger partial charge >= 0.3 is 0 Å². The molecule has 4 N–H and O–H groups in total. The molecule has 1 aromatic rings. The van der Waals surface area contributed by atoms with Crippen LogP contribution in [0.3, 0.4) is 0 Å². The van der Waals surface area contributed by atoms with Gasteiger partial charge in [-0.25, -0.2) is 0 Å². The van der Waals surface area contributed by atoms with Crippen molar-refractivity contribution in [1.82, 2.24) is 9.80 Å². The number of hydrogen-bond donors (Lipinski definition) is 3. The largest absolute Gasteiger partial charge is 0.508 e. The maximum Gasteiger partial charge on any atom is 0.257 e. The maximum atomic E-state index is 12.4. The topological polar surface area (TPSA) is 90.0 Å². The highest BCUT2D eigenvalue weighted by Crippen LogP contribution is 2.25. The molecule has 0 aliphatic carbocycles. The van der Waals surface area contributed by atoms with E-state index in [0.29, 0.717) is 19.6 Å². The van der Waals surface area contributed by atoms with Crippen LogP contribution in [0.1, 0.15) is 24.2 Å². The summed E-state index contributed by atoms with van der Waals surface area (Å²) >= 11 is 0. The average molecular weight is 293 g/mol. The van der Waals surface area contributed by atoms with E-state index in [1.165, 1.54) is 18.2 Å². The smallest absolute Gasteiger partial charge is 0.257 e. The van der Waals surface area contributed by atoms with Gasteiger partial charge in [0.25, 0.3) is 5.91 Å². The number of nitrogens with two attached hydrogens (primary N) is 1. The molecular weight excluding hydrogens is 270 g/mol. The van der Waals surface area contributed by atoms with Crippen molar-refractivity contribution in [2.45, 2.75) is 19.4 Å². The van der Waals surface area contributed by atoms with Crippen LogP contribution >= 0.6 is 0 Å². The molecule has 0 radical (unpaired) electrons. The van der Waals surface area contributed by atoms with Gasteiger partial charge in [-0.3, -0.25) is 9.69 Å². The molecule has 1 heterocycles. The number of aromatic hydroxyl groups is 2. The van der Waals surface area contributed by atoms with E-state index in [-0.39, 0.29) is 28.5 Å². The molecule has 0 saturated carbocycles. The van der Waals surface area contributed by atoms with Crippen LogP contribution in [0.5, 0.6) is 11.5 Å². The van der Waals surface area contributed by atoms with Crippen LogP contribution in [0.15, 0.2) is 18.2 Å². The molecule has 1 fully saturated rings. The van der Waals surface area contributed by atoms with Crippen molar-refractivity contribution in [2.24, 2.45) is 5.73 Å². The quantitative estimate of drug-likeness (QED) is 0.759. The lowest BCUT2D eigenvalue weighted by molar-refractivity contribution is 0.0424. The lowest BCUT2D eigenvalue weighted by atomic mass is 10.0. The van der Waals surface area contributed by atoms with Crippen LogP contribution in [0.2, 0.25) is 0 Å². The van der Waals surface area contributed by atoms with E-state index < -0.39 is 0 Å². The van der Waals surface area contributed by atoms with Gasteiger partial charge in [0, 0.05) is 44.3 Å². The number of benzene rings is 1. The highest BCUT2D eigenvalue weighted by molar-refractivity contribution is 5.97. The molecule has 2 rings (SSSR count). The maximum absolute atomic E-state index is 12.4. The van der Waals surface area contributed by atoms with Crippen LogP contribution in [-0.2, 0) is 0 Å². The Morgan fingerprint density at radius 2 is 1.86 bits per heavy atom. The normalized spacial score (nSPS) is 17.0. The van der Waals surface area contributed by atoms with Crippen LogP contribution < -0.4 is 5.73 Å². The molecule has 0 bridgehead atoms. The van der Waals surface area contributed by atoms with E-state index in [4.69, 9.17) is 5.73 Å². The van der Waals surface area contributed by atoms with E-state index in [2.05, 4.69) is 18.7 Å². The molecule has 1 aliphatic heterocycles. The number of amides is 1. The van der Waals surface area contributed by atoms with Gasteiger partial charge in [0.2, 0.25) is 0 Å². The number of carbonyl (C=O) groups is 1. The minimum atomic E-state index is -0.210. The lowest BCUT2D eigenvalue weighted by Crippen LogP contribution is -2.58. The standard InChI is InChI=1S/C15H23N3O3/c1-15(2,10-16)18-7-5-17(6-8-18)14(21)12-4-3-11(19)9-13(12)20/h3-4,9,19-20H,5-8,10,16H2,1-2H3. The number of hydrogen-bond acceptors (Lipinski definition) is 5. The second-order valence-corrected chi connectivity index (χ2v) is 6.00. The van der Waals surface area contributed by atoms with Crippen LogP contribution in [0.25, 0.3) is 0 Å². The molecule has 1 amide bonds. The zero-order chi connectivity index (χ0) is 15.6. The molecule has 0 unspecified atom stereocenters. The third kappa shape index (κ3) is 3.28. The van der Waals surface area contributed by atoms with Gasteiger partial charge < -0.3 is 20.8 Å². The minimum absolute atomic E-state index is 0.0569. The number of nitrogens with zero attached hydrogens (tertiary/aromatic N) is 2. The van der Waals surface area contributed by atoms with Gasteiger partial charge in [-0.2, -0.15) is 0 Å². The first kappa shape index (κ1) is 15.6. The summed E-state index contributed by atoms with van der Waals surface area (Å²) in [4.78, 5) is 16.4. The first-order chi connectivity index (χ1) is 9.85. The van der Waals surface area contributed by atoms with E-state index in [1.807, 2.05) is 0 Å². The first-order valence-corrected chi connectivity index (χ1v) is 7.11. The Morgan fingerprint density at radius 3 is 2.38 bits per heavy atom. The SMILES string of the molecule is CC(C)(CN)N1CCN(C(=O)c2ccc(O)cc2O)CC1. The summed E-state index contributed by atoms with van der Waals surface area (Å²) in [5, 5.41) is 19.1. The summed E-state index contributed by atoms with van der Waals surface area (Å²) in [6.07, 6.45) is 0. The Morgan fingerprint density at radius 1 is 1.24 bits per heavy atom. The molecule has 6 heteroatoms. The fourth-order valence-electron chi connectivity index (χ4n) is 2.52. The minimum Gasteiger partial charge on any atom is -0.508 e. The number of rotatable bonds is 3. The van der Waals surface area contributed by atoms with Crippen LogP contribution in [0.4, 0.5) is 0 Å². The Bertz CT molecular complexity index is 523. The lowest BCUT2D eigenvalue weighted by Gasteiger charge is -2.43. The third-order valence-corrected chi connectivity index (χ3v) is 4.13. The summed E-state index contributed by atoms with van der Waals surface area (Å²) in [6, 6.07) is 4.03. The first-order valence-electron chi connectivity index (χ1n) is 7.11. The Kier molecular flexibility index (Phi) is 4.39. The monoisotopic (exact) mass is 293 g/mol. The van der Waals surface area contributed by atoms with Gasteiger partial charge in [-0.05, 0) is 26.0 Å². The fraction of sp³-hybridized carbons (Fsp3) is 0.533. The van der Waals surface area contributed by atoms with Gasteiger partial charge in [0.15, 0.2) is 0 Å². The fourth-order valence-corrected chi connectivity index (χ4v) is 2.52. The second kappa shape index (κ2) is 5.91. The predicted molar refractivity (Wildman–Crippen MR) is 80.4 cm³/mol. The van der Waals surface area contributed by atoms with Crippen LogP contribution in [-0.4, -0.2) is 64.2 Å². The van der Waals surface area contributed by atoms with Crippen LogP contribution in [0, 0.1) is 0 Å². The summed E-state index contributed by atoms with van der Waals surface area (Å²) in [5.41, 5.74) is 5.93. The van der Waals surface area contributed by atoms with Crippen molar-refractivity contribution in [3.63, 3.8) is 0 Å². The second-order valence-electron chi connectivity index (χ2n) is 6.00. The molecule has 6 nitrogen and oxygen atoms in total. The highest BCUT2D eigenvalue weighted by atomic mass is 16.3. The van der Waals surface area contributed by atoms with E-state index in [9.17, 15) is 15.0 Å². The zero-order valence-electron chi connectivity index (χ0n) is 12.5. The summed E-state index contributed by atoms with van der Waals surface area (Å²) in [5.74, 6) is -0.457. The summed E-state index contributed by atoms with van der Waals surface area (Å²) < 4.78 is 0.